The topological polar surface area (TPSA) is 65.2 Å². The predicted octanol–water partition coefficient (Wildman–Crippen LogP) is 2.72. The Kier molecular flexibility index (Phi) is 4.97. The number of likely N-dealkylation sites (tertiary alicyclic amines) is 1. The molecule has 1 aliphatic heterocycles. The van der Waals surface area contributed by atoms with E-state index < -0.39 is 6.43 Å². The summed E-state index contributed by atoms with van der Waals surface area (Å²) in [4.78, 5) is 14.2. The molecule has 1 amide bonds. The molecule has 1 saturated heterocycles. The zero-order chi connectivity index (χ0) is 19.7. The largest absolute Gasteiger partial charge is 0.490 e. The van der Waals surface area contributed by atoms with E-state index in [0.29, 0.717) is 37.4 Å². The van der Waals surface area contributed by atoms with Gasteiger partial charge in [-0.1, -0.05) is 11.3 Å². The van der Waals surface area contributed by atoms with E-state index in [1.807, 2.05) is 18.2 Å². The molecule has 0 aliphatic carbocycles. The minimum absolute atomic E-state index is 0.0324. The van der Waals surface area contributed by atoms with E-state index in [-0.39, 0.29) is 18.6 Å². The van der Waals surface area contributed by atoms with Crippen molar-refractivity contribution < 1.29 is 18.3 Å². The van der Waals surface area contributed by atoms with Crippen LogP contribution in [-0.2, 0) is 13.6 Å². The lowest BCUT2D eigenvalue weighted by Gasteiger charge is -2.31. The van der Waals surface area contributed by atoms with Crippen LogP contribution in [0.5, 0.6) is 5.75 Å². The molecule has 0 saturated carbocycles. The lowest BCUT2D eigenvalue weighted by molar-refractivity contribution is 0.0592. The monoisotopic (exact) mass is 389 g/mol. The fourth-order valence-corrected chi connectivity index (χ4v) is 3.57. The third kappa shape index (κ3) is 3.69. The van der Waals surface area contributed by atoms with Crippen LogP contribution in [0.2, 0.25) is 0 Å². The molecule has 0 unspecified atom stereocenters. The second-order valence-electron chi connectivity index (χ2n) is 6.93. The number of aromatic nitrogens is 4. The van der Waals surface area contributed by atoms with Gasteiger partial charge in [0, 0.05) is 44.6 Å². The normalized spacial score (nSPS) is 15.5. The molecule has 0 bridgehead atoms. The number of carbonyl (C=O) groups is 1. The van der Waals surface area contributed by atoms with E-state index in [1.54, 1.807) is 30.4 Å². The molecule has 0 N–H and O–H groups in total. The van der Waals surface area contributed by atoms with Crippen molar-refractivity contribution in [1.29, 1.82) is 0 Å². The van der Waals surface area contributed by atoms with E-state index in [9.17, 15) is 13.6 Å². The van der Waals surface area contributed by atoms with E-state index in [0.717, 1.165) is 10.9 Å². The van der Waals surface area contributed by atoms with Crippen molar-refractivity contribution in [2.24, 2.45) is 7.05 Å². The second-order valence-corrected chi connectivity index (χ2v) is 6.93. The van der Waals surface area contributed by atoms with E-state index in [1.165, 1.54) is 9.25 Å². The van der Waals surface area contributed by atoms with Crippen molar-refractivity contribution >= 4 is 16.8 Å². The molecule has 4 rings (SSSR count). The highest BCUT2D eigenvalue weighted by molar-refractivity contribution is 5.92. The van der Waals surface area contributed by atoms with E-state index in [2.05, 4.69) is 10.3 Å². The summed E-state index contributed by atoms with van der Waals surface area (Å²) in [5, 5.41) is 8.49. The van der Waals surface area contributed by atoms with Crippen molar-refractivity contribution in [3.8, 4) is 5.75 Å². The van der Waals surface area contributed by atoms with Gasteiger partial charge in [0.05, 0.1) is 18.3 Å². The highest BCUT2D eigenvalue weighted by Crippen LogP contribution is 2.29. The molecule has 0 spiro atoms. The molecule has 7 nitrogen and oxygen atoms in total. The number of halogens is 2. The van der Waals surface area contributed by atoms with Gasteiger partial charge in [-0.2, -0.15) is 0 Å². The second kappa shape index (κ2) is 7.57. The first-order chi connectivity index (χ1) is 13.5. The highest BCUT2D eigenvalue weighted by Gasteiger charge is 2.26. The quantitative estimate of drug-likeness (QED) is 0.673. The Morgan fingerprint density at radius 2 is 2.07 bits per heavy atom. The van der Waals surface area contributed by atoms with Gasteiger partial charge < -0.3 is 14.2 Å². The standard InChI is InChI=1S/C19H21F2N5O2/c1-24-11-15(22-23-24)19(27)25-8-5-13(6-9-25)28-17-4-2-3-16-14(17)7-10-26(16)12-18(20)21/h2-4,7,10-11,13,18H,5-6,8-9,12H2,1H3. The van der Waals surface area contributed by atoms with Gasteiger partial charge >= 0.3 is 0 Å². The fraction of sp³-hybridized carbons (Fsp3) is 0.421. The predicted molar refractivity (Wildman–Crippen MR) is 98.5 cm³/mol. The highest BCUT2D eigenvalue weighted by atomic mass is 19.3. The van der Waals surface area contributed by atoms with Crippen LogP contribution in [0.4, 0.5) is 8.78 Å². The van der Waals surface area contributed by atoms with E-state index >= 15 is 0 Å². The molecular formula is C19H21F2N5O2. The summed E-state index contributed by atoms with van der Waals surface area (Å²) in [6.45, 7) is 0.806. The average molecular weight is 389 g/mol. The van der Waals surface area contributed by atoms with Crippen LogP contribution >= 0.6 is 0 Å². The van der Waals surface area contributed by atoms with Crippen LogP contribution in [0.15, 0.2) is 36.7 Å². The smallest absolute Gasteiger partial charge is 0.276 e. The summed E-state index contributed by atoms with van der Waals surface area (Å²) in [6, 6.07) is 7.28. The summed E-state index contributed by atoms with van der Waals surface area (Å²) in [7, 11) is 1.72. The number of hydrogen-bond donors (Lipinski definition) is 0. The number of ether oxygens (including phenoxy) is 1. The summed E-state index contributed by atoms with van der Waals surface area (Å²) in [5.74, 6) is 0.557. The molecule has 9 heteroatoms. The van der Waals surface area contributed by atoms with Gasteiger partial charge in [0.15, 0.2) is 5.69 Å². The maximum absolute atomic E-state index is 12.7. The first-order valence-corrected chi connectivity index (χ1v) is 9.19. The maximum atomic E-state index is 12.7. The van der Waals surface area contributed by atoms with Crippen LogP contribution < -0.4 is 4.74 Å². The van der Waals surface area contributed by atoms with Gasteiger partial charge in [0.2, 0.25) is 0 Å². The number of aryl methyl sites for hydroxylation is 1. The zero-order valence-electron chi connectivity index (χ0n) is 15.5. The average Bonchev–Trinajstić information content (AvgIpc) is 3.29. The zero-order valence-corrected chi connectivity index (χ0v) is 15.5. The Morgan fingerprint density at radius 1 is 1.29 bits per heavy atom. The number of carbonyl (C=O) groups excluding carboxylic acids is 1. The van der Waals surface area contributed by atoms with Crippen molar-refractivity contribution in [2.45, 2.75) is 31.9 Å². The summed E-state index contributed by atoms with van der Waals surface area (Å²) in [5.41, 5.74) is 1.07. The lowest BCUT2D eigenvalue weighted by atomic mass is 10.1. The molecule has 1 aliphatic rings. The first-order valence-electron chi connectivity index (χ1n) is 9.19. The van der Waals surface area contributed by atoms with Crippen molar-refractivity contribution in [3.05, 3.63) is 42.4 Å². The number of fused-ring (bicyclic) bond motifs is 1. The molecule has 2 aromatic heterocycles. The van der Waals surface area contributed by atoms with Gasteiger partial charge in [-0.05, 0) is 18.2 Å². The van der Waals surface area contributed by atoms with Crippen LogP contribution in [0.25, 0.3) is 10.9 Å². The van der Waals surface area contributed by atoms with Crippen LogP contribution in [0.3, 0.4) is 0 Å². The van der Waals surface area contributed by atoms with Gasteiger partial charge in [-0.3, -0.25) is 9.48 Å². The number of alkyl halides is 2. The van der Waals surface area contributed by atoms with E-state index in [4.69, 9.17) is 4.74 Å². The molecule has 1 fully saturated rings. The molecule has 28 heavy (non-hydrogen) atoms. The number of rotatable bonds is 5. The maximum Gasteiger partial charge on any atom is 0.276 e. The van der Waals surface area contributed by atoms with Gasteiger partial charge in [0.25, 0.3) is 12.3 Å². The van der Waals surface area contributed by atoms with Crippen LogP contribution in [-0.4, -0.2) is 56.0 Å². The molecule has 148 valence electrons. The van der Waals surface area contributed by atoms with Crippen molar-refractivity contribution in [1.82, 2.24) is 24.5 Å². The first kappa shape index (κ1) is 18.4. The Balaban J connectivity index is 1.41. The Morgan fingerprint density at radius 3 is 2.75 bits per heavy atom. The Hall–Kier alpha value is -2.97. The minimum Gasteiger partial charge on any atom is -0.490 e. The fourth-order valence-electron chi connectivity index (χ4n) is 3.57. The van der Waals surface area contributed by atoms with Gasteiger partial charge in [0.1, 0.15) is 11.9 Å². The number of benzene rings is 1. The van der Waals surface area contributed by atoms with Gasteiger partial charge in [-0.15, -0.1) is 5.10 Å². The molecule has 3 aromatic rings. The van der Waals surface area contributed by atoms with Crippen molar-refractivity contribution in [2.75, 3.05) is 13.1 Å². The number of piperidine rings is 1. The molecule has 0 atom stereocenters. The molecule has 0 radical (unpaired) electrons. The number of nitrogens with zero attached hydrogens (tertiary/aromatic N) is 5. The number of hydrogen-bond acceptors (Lipinski definition) is 4. The molecular weight excluding hydrogens is 368 g/mol. The van der Waals surface area contributed by atoms with Crippen molar-refractivity contribution in [3.63, 3.8) is 0 Å². The van der Waals surface area contributed by atoms with Crippen LogP contribution in [0.1, 0.15) is 23.3 Å². The SMILES string of the molecule is Cn1cc(C(=O)N2CCC(Oc3cccc4c3ccn4CC(F)F)CC2)nn1. The summed E-state index contributed by atoms with van der Waals surface area (Å²) in [6.07, 6.45) is 2.22. The number of amides is 1. The third-order valence-corrected chi connectivity index (χ3v) is 4.95. The summed E-state index contributed by atoms with van der Waals surface area (Å²) >= 11 is 0. The van der Waals surface area contributed by atoms with Crippen LogP contribution in [0, 0.1) is 0 Å². The minimum atomic E-state index is -2.41. The Labute approximate surface area is 160 Å². The van der Waals surface area contributed by atoms with Gasteiger partial charge in [-0.25, -0.2) is 8.78 Å². The lowest BCUT2D eigenvalue weighted by Crippen LogP contribution is -2.42. The Bertz CT molecular complexity index is 976. The molecule has 3 heterocycles. The molecule has 1 aromatic carbocycles. The summed E-state index contributed by atoms with van der Waals surface area (Å²) < 4.78 is 34.7. The third-order valence-electron chi connectivity index (χ3n) is 4.95.